The van der Waals surface area contributed by atoms with E-state index in [0.717, 1.165) is 32.2 Å². The second kappa shape index (κ2) is 5.26. The Balaban J connectivity index is 1.87. The van der Waals surface area contributed by atoms with Gasteiger partial charge in [0, 0.05) is 25.6 Å². The van der Waals surface area contributed by atoms with E-state index in [1.165, 1.54) is 0 Å². The Labute approximate surface area is 108 Å². The van der Waals surface area contributed by atoms with E-state index in [9.17, 15) is 9.59 Å². The lowest BCUT2D eigenvalue weighted by Crippen LogP contribution is -2.46. The fourth-order valence-electron chi connectivity index (χ4n) is 2.84. The maximum Gasteiger partial charge on any atom is 0.244 e. The van der Waals surface area contributed by atoms with Gasteiger partial charge in [-0.2, -0.15) is 0 Å². The van der Waals surface area contributed by atoms with E-state index in [-0.39, 0.29) is 29.8 Å². The number of carbonyl (C=O) groups is 2. The predicted molar refractivity (Wildman–Crippen MR) is 68.7 cm³/mol. The van der Waals surface area contributed by atoms with Crippen molar-refractivity contribution in [2.45, 2.75) is 44.7 Å². The predicted octanol–water partition coefficient (Wildman–Crippen LogP) is 0.0968. The van der Waals surface area contributed by atoms with Crippen LogP contribution < -0.4 is 11.1 Å². The SMILES string of the molecule is CC1CCC(C(=O)NC2CCN(C)C2=O)CC1N. The molecule has 0 aromatic carbocycles. The summed E-state index contributed by atoms with van der Waals surface area (Å²) in [6, 6.07) is -0.213. The highest BCUT2D eigenvalue weighted by Crippen LogP contribution is 2.28. The minimum absolute atomic E-state index is 0.00556. The smallest absolute Gasteiger partial charge is 0.244 e. The highest BCUT2D eigenvalue weighted by Gasteiger charge is 2.34. The summed E-state index contributed by atoms with van der Waals surface area (Å²) >= 11 is 0. The Morgan fingerprint density at radius 1 is 1.39 bits per heavy atom. The molecule has 1 saturated heterocycles. The van der Waals surface area contributed by atoms with Crippen molar-refractivity contribution in [3.8, 4) is 0 Å². The van der Waals surface area contributed by atoms with Gasteiger partial charge in [-0.1, -0.05) is 6.92 Å². The van der Waals surface area contributed by atoms with Gasteiger partial charge in [0.1, 0.15) is 6.04 Å². The molecule has 18 heavy (non-hydrogen) atoms. The summed E-state index contributed by atoms with van der Waals surface area (Å²) in [6.45, 7) is 2.86. The summed E-state index contributed by atoms with van der Waals surface area (Å²) in [5.41, 5.74) is 6.01. The fraction of sp³-hybridized carbons (Fsp3) is 0.846. The van der Waals surface area contributed by atoms with Gasteiger partial charge in [0.2, 0.25) is 11.8 Å². The Morgan fingerprint density at radius 2 is 2.11 bits per heavy atom. The summed E-state index contributed by atoms with van der Waals surface area (Å²) < 4.78 is 0. The van der Waals surface area contributed by atoms with Gasteiger partial charge in [0.15, 0.2) is 0 Å². The number of likely N-dealkylation sites (tertiary alicyclic amines) is 1. The van der Waals surface area contributed by atoms with Crippen molar-refractivity contribution in [2.24, 2.45) is 17.6 Å². The second-order valence-corrected chi connectivity index (χ2v) is 5.76. The largest absolute Gasteiger partial charge is 0.344 e. The third-order valence-corrected chi connectivity index (χ3v) is 4.37. The number of hydrogen-bond donors (Lipinski definition) is 2. The van der Waals surface area contributed by atoms with Crippen LogP contribution in [-0.2, 0) is 9.59 Å². The number of amides is 2. The maximum atomic E-state index is 12.1. The topological polar surface area (TPSA) is 75.4 Å². The van der Waals surface area contributed by atoms with Gasteiger partial charge in [0.05, 0.1) is 0 Å². The molecule has 1 heterocycles. The van der Waals surface area contributed by atoms with Crippen LogP contribution >= 0.6 is 0 Å². The van der Waals surface area contributed by atoms with E-state index in [2.05, 4.69) is 12.2 Å². The van der Waals surface area contributed by atoms with Crippen molar-refractivity contribution in [1.29, 1.82) is 0 Å². The summed E-state index contributed by atoms with van der Waals surface area (Å²) in [5, 5.41) is 2.88. The van der Waals surface area contributed by atoms with E-state index >= 15 is 0 Å². The van der Waals surface area contributed by atoms with Gasteiger partial charge >= 0.3 is 0 Å². The first kappa shape index (κ1) is 13.3. The zero-order chi connectivity index (χ0) is 13.3. The molecule has 1 aliphatic heterocycles. The molecule has 3 N–H and O–H groups in total. The summed E-state index contributed by atoms with van der Waals surface area (Å²) in [7, 11) is 1.77. The van der Waals surface area contributed by atoms with Crippen LogP contribution in [0.15, 0.2) is 0 Å². The third-order valence-electron chi connectivity index (χ3n) is 4.37. The number of rotatable bonds is 2. The van der Waals surface area contributed by atoms with Gasteiger partial charge in [0.25, 0.3) is 0 Å². The van der Waals surface area contributed by atoms with Crippen molar-refractivity contribution < 1.29 is 9.59 Å². The van der Waals surface area contributed by atoms with Crippen molar-refractivity contribution in [2.75, 3.05) is 13.6 Å². The number of likely N-dealkylation sites (N-methyl/N-ethyl adjacent to an activating group) is 1. The number of nitrogens with two attached hydrogens (primary N) is 1. The molecule has 2 aliphatic rings. The third kappa shape index (κ3) is 2.66. The van der Waals surface area contributed by atoms with E-state index in [0.29, 0.717) is 5.92 Å². The summed E-state index contributed by atoms with van der Waals surface area (Å²) in [6.07, 6.45) is 3.34. The molecule has 1 aliphatic carbocycles. The zero-order valence-corrected chi connectivity index (χ0v) is 11.2. The molecule has 5 nitrogen and oxygen atoms in total. The van der Waals surface area contributed by atoms with Gasteiger partial charge in [-0.15, -0.1) is 0 Å². The fourth-order valence-corrected chi connectivity index (χ4v) is 2.84. The number of hydrogen-bond acceptors (Lipinski definition) is 3. The molecular weight excluding hydrogens is 230 g/mol. The lowest BCUT2D eigenvalue weighted by Gasteiger charge is -2.31. The standard InChI is InChI=1S/C13H23N3O2/c1-8-3-4-9(7-10(8)14)12(17)15-11-5-6-16(2)13(11)18/h8-11H,3-7,14H2,1-2H3,(H,15,17). The minimum atomic E-state index is -0.321. The van der Waals surface area contributed by atoms with Crippen LogP contribution in [-0.4, -0.2) is 42.4 Å². The average Bonchev–Trinajstić information content (AvgIpc) is 2.64. The molecule has 102 valence electrons. The molecule has 2 fully saturated rings. The quantitative estimate of drug-likeness (QED) is 0.732. The van der Waals surface area contributed by atoms with Gasteiger partial charge in [-0.25, -0.2) is 0 Å². The van der Waals surface area contributed by atoms with Gasteiger partial charge < -0.3 is 16.0 Å². The Morgan fingerprint density at radius 3 is 2.67 bits per heavy atom. The van der Waals surface area contributed by atoms with Crippen LogP contribution in [0.2, 0.25) is 0 Å². The first-order chi connectivity index (χ1) is 8.49. The Hall–Kier alpha value is -1.10. The monoisotopic (exact) mass is 253 g/mol. The molecule has 0 bridgehead atoms. The molecule has 4 unspecified atom stereocenters. The Bertz CT molecular complexity index is 345. The number of carbonyl (C=O) groups excluding carboxylic acids is 2. The lowest BCUT2D eigenvalue weighted by atomic mass is 9.79. The highest BCUT2D eigenvalue weighted by atomic mass is 16.2. The molecule has 4 atom stereocenters. The van der Waals surface area contributed by atoms with E-state index in [1.807, 2.05) is 0 Å². The average molecular weight is 253 g/mol. The van der Waals surface area contributed by atoms with Crippen molar-refractivity contribution in [1.82, 2.24) is 10.2 Å². The van der Waals surface area contributed by atoms with Crippen LogP contribution in [0.5, 0.6) is 0 Å². The normalized spacial score (nSPS) is 36.8. The van der Waals surface area contributed by atoms with E-state index in [4.69, 9.17) is 5.73 Å². The van der Waals surface area contributed by atoms with E-state index in [1.54, 1.807) is 11.9 Å². The molecular formula is C13H23N3O2. The lowest BCUT2D eigenvalue weighted by molar-refractivity contribution is -0.133. The molecule has 0 aromatic heterocycles. The van der Waals surface area contributed by atoms with Crippen LogP contribution in [0.4, 0.5) is 0 Å². The summed E-state index contributed by atoms with van der Waals surface area (Å²) in [4.78, 5) is 25.5. The van der Waals surface area contributed by atoms with Crippen LogP contribution in [0.3, 0.4) is 0 Å². The van der Waals surface area contributed by atoms with Gasteiger partial charge in [-0.05, 0) is 31.6 Å². The molecule has 2 amide bonds. The molecule has 0 spiro atoms. The maximum absolute atomic E-state index is 12.1. The van der Waals surface area contributed by atoms with Crippen LogP contribution in [0, 0.1) is 11.8 Å². The molecule has 0 radical (unpaired) electrons. The number of nitrogens with one attached hydrogen (secondary N) is 1. The molecule has 2 rings (SSSR count). The first-order valence-corrected chi connectivity index (χ1v) is 6.80. The van der Waals surface area contributed by atoms with Crippen molar-refractivity contribution in [3.05, 3.63) is 0 Å². The van der Waals surface area contributed by atoms with Gasteiger partial charge in [-0.3, -0.25) is 9.59 Å². The zero-order valence-electron chi connectivity index (χ0n) is 11.2. The Kier molecular flexibility index (Phi) is 3.90. The summed E-state index contributed by atoms with van der Waals surface area (Å²) in [5.74, 6) is 0.506. The first-order valence-electron chi connectivity index (χ1n) is 6.80. The highest BCUT2D eigenvalue weighted by molar-refractivity contribution is 5.89. The number of nitrogens with zero attached hydrogens (tertiary/aromatic N) is 1. The van der Waals surface area contributed by atoms with Crippen LogP contribution in [0.1, 0.15) is 32.6 Å². The van der Waals surface area contributed by atoms with Crippen molar-refractivity contribution in [3.63, 3.8) is 0 Å². The second-order valence-electron chi connectivity index (χ2n) is 5.76. The molecule has 0 aromatic rings. The van der Waals surface area contributed by atoms with Crippen molar-refractivity contribution >= 4 is 11.8 Å². The minimum Gasteiger partial charge on any atom is -0.344 e. The van der Waals surface area contributed by atoms with Crippen LogP contribution in [0.25, 0.3) is 0 Å². The molecule has 1 saturated carbocycles. The van der Waals surface area contributed by atoms with E-state index < -0.39 is 0 Å². The molecule has 5 heteroatoms.